The van der Waals surface area contributed by atoms with Gasteiger partial charge in [-0.3, -0.25) is 9.36 Å². The van der Waals surface area contributed by atoms with Gasteiger partial charge in [-0.05, 0) is 12.8 Å². The van der Waals surface area contributed by atoms with E-state index in [1.165, 1.54) is 6.92 Å². The summed E-state index contributed by atoms with van der Waals surface area (Å²) >= 11 is 0. The van der Waals surface area contributed by atoms with Crippen LogP contribution in [0.5, 0.6) is 0 Å². The van der Waals surface area contributed by atoms with Gasteiger partial charge in [-0.15, -0.1) is 0 Å². The molecule has 0 atom stereocenters. The van der Waals surface area contributed by atoms with Crippen LogP contribution in [0, 0.1) is 0 Å². The zero-order valence-electron chi connectivity index (χ0n) is 14.5. The Balaban J connectivity index is 4.10. The highest BCUT2D eigenvalue weighted by Gasteiger charge is 2.24. The lowest BCUT2D eigenvalue weighted by atomic mass is 10.2. The summed E-state index contributed by atoms with van der Waals surface area (Å²) < 4.78 is 28.5. The maximum atomic E-state index is 12.6. The van der Waals surface area contributed by atoms with Crippen molar-refractivity contribution in [1.29, 1.82) is 0 Å². The Labute approximate surface area is 135 Å². The van der Waals surface area contributed by atoms with Gasteiger partial charge >= 0.3 is 13.6 Å². The maximum absolute atomic E-state index is 12.6. The number of carbonyl (C=O) groups excluding carboxylic acids is 1. The van der Waals surface area contributed by atoms with Gasteiger partial charge in [0.1, 0.15) is 6.61 Å². The van der Waals surface area contributed by atoms with Crippen molar-refractivity contribution in [1.82, 2.24) is 0 Å². The van der Waals surface area contributed by atoms with E-state index in [0.717, 1.165) is 51.4 Å². The number of esters is 1. The highest BCUT2D eigenvalue weighted by Crippen LogP contribution is 2.48. The first kappa shape index (κ1) is 21.6. The summed E-state index contributed by atoms with van der Waals surface area (Å²) in [6.45, 7) is 6.58. The molecule has 0 spiro atoms. The summed E-state index contributed by atoms with van der Waals surface area (Å²) in [7, 11) is -3.15. The van der Waals surface area contributed by atoms with Crippen molar-refractivity contribution in [2.45, 2.75) is 72.1 Å². The minimum absolute atomic E-state index is 0.0799. The summed E-state index contributed by atoms with van der Waals surface area (Å²) in [5, 5.41) is 0. The van der Waals surface area contributed by atoms with E-state index in [2.05, 4.69) is 13.8 Å². The Hall–Kier alpha value is -0.380. The number of carbonyl (C=O) groups is 1. The Kier molecular flexibility index (Phi) is 14.0. The van der Waals surface area contributed by atoms with Crippen LogP contribution in [0.2, 0.25) is 0 Å². The number of rotatable bonds is 15. The molecular formula is C16H33O5P. The molecule has 0 fully saturated rings. The zero-order valence-corrected chi connectivity index (χ0v) is 15.4. The number of unbranched alkanes of at least 4 members (excludes halogenated alkanes) is 6. The summed E-state index contributed by atoms with van der Waals surface area (Å²) in [4.78, 5) is 10.8. The molecule has 0 aliphatic carbocycles. The molecule has 0 radical (unpaired) electrons. The van der Waals surface area contributed by atoms with Crippen molar-refractivity contribution < 1.29 is 23.1 Å². The normalized spacial score (nSPS) is 11.6. The van der Waals surface area contributed by atoms with Gasteiger partial charge in [-0.1, -0.05) is 52.4 Å². The fraction of sp³-hybridized carbons (Fsp3) is 0.938. The lowest BCUT2D eigenvalue weighted by molar-refractivity contribution is -0.140. The van der Waals surface area contributed by atoms with E-state index in [-0.39, 0.29) is 18.7 Å². The largest absolute Gasteiger partial charge is 0.465 e. The van der Waals surface area contributed by atoms with Gasteiger partial charge in [0.05, 0.1) is 19.4 Å². The number of ether oxygens (including phenoxy) is 1. The third kappa shape index (κ3) is 13.3. The predicted molar refractivity (Wildman–Crippen MR) is 89.3 cm³/mol. The van der Waals surface area contributed by atoms with E-state index < -0.39 is 7.60 Å². The molecule has 0 bridgehead atoms. The molecule has 0 rings (SSSR count). The molecule has 0 aromatic carbocycles. The minimum Gasteiger partial charge on any atom is -0.465 e. The molecule has 0 heterocycles. The maximum Gasteiger partial charge on any atom is 0.334 e. The first-order valence-electron chi connectivity index (χ1n) is 8.55. The monoisotopic (exact) mass is 336 g/mol. The second-order valence-corrected chi connectivity index (χ2v) is 7.65. The van der Waals surface area contributed by atoms with Gasteiger partial charge in [0.2, 0.25) is 0 Å². The lowest BCUT2D eigenvalue weighted by Crippen LogP contribution is -2.10. The molecular weight excluding hydrogens is 303 g/mol. The molecule has 0 saturated heterocycles. The van der Waals surface area contributed by atoms with Gasteiger partial charge in [0, 0.05) is 6.92 Å². The molecule has 0 aromatic rings. The molecule has 6 heteroatoms. The van der Waals surface area contributed by atoms with Crippen LogP contribution < -0.4 is 0 Å². The Morgan fingerprint density at radius 3 is 1.73 bits per heavy atom. The fourth-order valence-electron chi connectivity index (χ4n) is 1.93. The SMILES string of the molecule is CCCCCCOP(=O)(CCOC(C)=O)OCCCCCC. The van der Waals surface area contributed by atoms with Crippen LogP contribution in [0.4, 0.5) is 0 Å². The Bertz CT molecular complexity index is 302. The van der Waals surface area contributed by atoms with Crippen LogP contribution in [0.3, 0.4) is 0 Å². The average molecular weight is 336 g/mol. The standard InChI is InChI=1S/C16H33O5P/c1-4-6-8-10-12-20-22(18,15-14-19-16(3)17)21-13-11-9-7-5-2/h4-15H2,1-3H3. The Morgan fingerprint density at radius 2 is 1.32 bits per heavy atom. The smallest absolute Gasteiger partial charge is 0.334 e. The third-order valence-corrected chi connectivity index (χ3v) is 5.12. The van der Waals surface area contributed by atoms with Crippen LogP contribution in [-0.4, -0.2) is 32.0 Å². The second-order valence-electron chi connectivity index (χ2n) is 5.46. The van der Waals surface area contributed by atoms with Crippen LogP contribution >= 0.6 is 7.60 Å². The van der Waals surface area contributed by atoms with Crippen molar-refractivity contribution in [2.75, 3.05) is 26.0 Å². The molecule has 0 N–H and O–H groups in total. The molecule has 5 nitrogen and oxygen atoms in total. The van der Waals surface area contributed by atoms with Crippen LogP contribution in [0.25, 0.3) is 0 Å². The van der Waals surface area contributed by atoms with E-state index in [0.29, 0.717) is 13.2 Å². The third-order valence-electron chi connectivity index (χ3n) is 3.24. The zero-order chi connectivity index (χ0) is 16.7. The van der Waals surface area contributed by atoms with E-state index >= 15 is 0 Å². The van der Waals surface area contributed by atoms with Crippen molar-refractivity contribution in [3.63, 3.8) is 0 Å². The van der Waals surface area contributed by atoms with E-state index in [9.17, 15) is 9.36 Å². The molecule has 0 aromatic heterocycles. The van der Waals surface area contributed by atoms with E-state index in [4.69, 9.17) is 13.8 Å². The first-order valence-corrected chi connectivity index (χ1v) is 10.3. The van der Waals surface area contributed by atoms with E-state index in [1.54, 1.807) is 0 Å². The molecule has 0 amide bonds. The predicted octanol–water partition coefficient (Wildman–Crippen LogP) is 4.94. The van der Waals surface area contributed by atoms with E-state index in [1.807, 2.05) is 0 Å². The molecule has 0 unspecified atom stereocenters. The molecule has 0 aliphatic heterocycles. The van der Waals surface area contributed by atoms with Crippen molar-refractivity contribution in [3.05, 3.63) is 0 Å². The molecule has 0 saturated carbocycles. The van der Waals surface area contributed by atoms with Gasteiger partial charge in [0.25, 0.3) is 0 Å². The summed E-state index contributed by atoms with van der Waals surface area (Å²) in [5.74, 6) is -0.377. The second kappa shape index (κ2) is 14.2. The number of hydrogen-bond donors (Lipinski definition) is 0. The van der Waals surface area contributed by atoms with Crippen molar-refractivity contribution in [2.24, 2.45) is 0 Å². The minimum atomic E-state index is -3.15. The van der Waals surface area contributed by atoms with Gasteiger partial charge in [-0.2, -0.15) is 0 Å². The summed E-state index contributed by atoms with van der Waals surface area (Å²) in [6.07, 6.45) is 8.63. The summed E-state index contributed by atoms with van der Waals surface area (Å²) in [5.41, 5.74) is 0. The highest BCUT2D eigenvalue weighted by molar-refractivity contribution is 7.53. The van der Waals surface area contributed by atoms with Crippen LogP contribution in [0.1, 0.15) is 72.1 Å². The molecule has 132 valence electrons. The van der Waals surface area contributed by atoms with Crippen molar-refractivity contribution in [3.8, 4) is 0 Å². The van der Waals surface area contributed by atoms with Crippen molar-refractivity contribution >= 4 is 13.6 Å². The topological polar surface area (TPSA) is 61.8 Å². The van der Waals surface area contributed by atoms with Crippen LogP contribution in [0.15, 0.2) is 0 Å². The fourth-order valence-corrected chi connectivity index (χ4v) is 3.39. The quantitative estimate of drug-likeness (QED) is 0.241. The lowest BCUT2D eigenvalue weighted by Gasteiger charge is -2.18. The van der Waals surface area contributed by atoms with Gasteiger partial charge in [0.15, 0.2) is 0 Å². The van der Waals surface area contributed by atoms with Crippen LogP contribution in [-0.2, 0) is 23.1 Å². The number of hydrogen-bond acceptors (Lipinski definition) is 5. The van der Waals surface area contributed by atoms with Gasteiger partial charge < -0.3 is 13.8 Å². The average Bonchev–Trinajstić information content (AvgIpc) is 2.46. The highest BCUT2D eigenvalue weighted by atomic mass is 31.2. The molecule has 0 aliphatic rings. The summed E-state index contributed by atoms with van der Waals surface area (Å²) in [6, 6.07) is 0. The first-order chi connectivity index (χ1) is 10.5. The Morgan fingerprint density at radius 1 is 0.818 bits per heavy atom. The molecule has 22 heavy (non-hydrogen) atoms. The van der Waals surface area contributed by atoms with Gasteiger partial charge in [-0.25, -0.2) is 0 Å².